The van der Waals surface area contributed by atoms with Crippen LogP contribution in [0.5, 0.6) is 5.75 Å². The van der Waals surface area contributed by atoms with Crippen molar-refractivity contribution < 1.29 is 24.2 Å². The summed E-state index contributed by atoms with van der Waals surface area (Å²) < 4.78 is 5.45. The lowest BCUT2D eigenvalue weighted by atomic mass is 9.97. The van der Waals surface area contributed by atoms with Crippen molar-refractivity contribution in [2.45, 2.75) is 91.8 Å². The number of aromatic hydroxyl groups is 1. The summed E-state index contributed by atoms with van der Waals surface area (Å²) in [4.78, 5) is 42.0. The number of rotatable bonds is 12. The van der Waals surface area contributed by atoms with Crippen LogP contribution in [0.4, 0.5) is 4.79 Å². The molecule has 0 aliphatic rings. The lowest BCUT2D eigenvalue weighted by molar-refractivity contribution is -0.142. The second kappa shape index (κ2) is 14.6. The highest BCUT2D eigenvalue weighted by atomic mass is 16.6. The van der Waals surface area contributed by atoms with Crippen LogP contribution in [0.15, 0.2) is 42.5 Å². The maximum atomic E-state index is 14.1. The van der Waals surface area contributed by atoms with Gasteiger partial charge in [-0.1, -0.05) is 61.2 Å². The monoisotopic (exact) mass is 539 g/mol. The number of phenols is 1. The first kappa shape index (κ1) is 31.7. The van der Waals surface area contributed by atoms with Crippen molar-refractivity contribution in [1.29, 1.82) is 0 Å². The summed E-state index contributed by atoms with van der Waals surface area (Å²) in [6.45, 7) is 13.9. The maximum absolute atomic E-state index is 14.1. The number of carbonyl (C=O) groups excluding carboxylic acids is 3. The van der Waals surface area contributed by atoms with Gasteiger partial charge in [-0.3, -0.25) is 9.59 Å². The van der Waals surface area contributed by atoms with Crippen molar-refractivity contribution in [2.75, 3.05) is 13.1 Å². The molecule has 0 heterocycles. The van der Waals surface area contributed by atoms with E-state index in [0.29, 0.717) is 6.54 Å². The number of unbranched alkanes of at least 4 members (excludes halogenated alkanes) is 2. The molecule has 0 aliphatic carbocycles. The maximum Gasteiger partial charge on any atom is 0.408 e. The summed E-state index contributed by atoms with van der Waals surface area (Å²) in [7, 11) is 0. The van der Waals surface area contributed by atoms with Crippen molar-refractivity contribution in [3.63, 3.8) is 0 Å². The molecule has 39 heavy (non-hydrogen) atoms. The zero-order chi connectivity index (χ0) is 29.2. The zero-order valence-corrected chi connectivity index (χ0v) is 24.5. The highest BCUT2D eigenvalue weighted by Crippen LogP contribution is 2.25. The largest absolute Gasteiger partial charge is 0.508 e. The van der Waals surface area contributed by atoms with Crippen molar-refractivity contribution >= 4 is 17.9 Å². The zero-order valence-electron chi connectivity index (χ0n) is 24.5. The van der Waals surface area contributed by atoms with E-state index < -0.39 is 29.7 Å². The number of alkyl carbamates (subject to hydrolysis) is 1. The van der Waals surface area contributed by atoms with E-state index >= 15 is 0 Å². The number of carbonyl (C=O) groups is 3. The Bertz CT molecular complexity index is 1090. The molecule has 0 aromatic heterocycles. The Morgan fingerprint density at radius 1 is 0.974 bits per heavy atom. The van der Waals surface area contributed by atoms with E-state index in [0.717, 1.165) is 41.5 Å². The first-order valence-electron chi connectivity index (χ1n) is 13.8. The molecule has 0 fully saturated rings. The second-order valence-electron chi connectivity index (χ2n) is 11.0. The van der Waals surface area contributed by atoms with Crippen LogP contribution in [0.3, 0.4) is 0 Å². The molecule has 8 heteroatoms. The Kier molecular flexibility index (Phi) is 11.8. The molecule has 214 valence electrons. The van der Waals surface area contributed by atoms with E-state index in [2.05, 4.69) is 17.6 Å². The van der Waals surface area contributed by atoms with Gasteiger partial charge in [0.2, 0.25) is 11.8 Å². The van der Waals surface area contributed by atoms with Crippen molar-refractivity contribution in [1.82, 2.24) is 15.5 Å². The van der Waals surface area contributed by atoms with Gasteiger partial charge in [0.15, 0.2) is 0 Å². The first-order valence-corrected chi connectivity index (χ1v) is 13.8. The van der Waals surface area contributed by atoms with Crippen LogP contribution in [0, 0.1) is 13.8 Å². The van der Waals surface area contributed by atoms with Gasteiger partial charge in [0.25, 0.3) is 0 Å². The van der Waals surface area contributed by atoms with Gasteiger partial charge in [-0.15, -0.1) is 0 Å². The van der Waals surface area contributed by atoms with Crippen LogP contribution in [0.2, 0.25) is 0 Å². The molecule has 2 aromatic carbocycles. The summed E-state index contributed by atoms with van der Waals surface area (Å²) in [5.74, 6) is -0.553. The van der Waals surface area contributed by atoms with E-state index in [1.165, 1.54) is 17.0 Å². The number of hydrogen-bond acceptors (Lipinski definition) is 5. The van der Waals surface area contributed by atoms with E-state index in [9.17, 15) is 19.5 Å². The lowest BCUT2D eigenvalue weighted by Crippen LogP contribution is -2.53. The minimum absolute atomic E-state index is 0.103. The summed E-state index contributed by atoms with van der Waals surface area (Å²) in [5, 5.41) is 15.5. The molecule has 2 aromatic rings. The minimum atomic E-state index is -0.995. The fraction of sp³-hybridized carbons (Fsp3) is 0.516. The fourth-order valence-corrected chi connectivity index (χ4v) is 4.51. The molecule has 8 nitrogen and oxygen atoms in total. The number of nitrogens with one attached hydrogen (secondary N) is 2. The molecule has 0 saturated carbocycles. The molecule has 3 N–H and O–H groups in total. The van der Waals surface area contributed by atoms with Gasteiger partial charge in [-0.2, -0.15) is 0 Å². The standard InChI is InChI=1S/C31H45N3O5/c1-8-10-11-16-32-28(36)27(24-18-21(3)17-22(4)19-24)34(9-2)29(37)26(33-30(38)39-31(5,6)7)20-23-12-14-25(35)15-13-23/h12-15,17-19,26-27,35H,8-11,16,20H2,1-7H3,(H,32,36)(H,33,38). The third-order valence-corrected chi connectivity index (χ3v) is 6.19. The van der Waals surface area contributed by atoms with Gasteiger partial charge in [-0.05, 0) is 71.2 Å². The molecule has 0 bridgehead atoms. The molecular weight excluding hydrogens is 494 g/mol. The number of benzene rings is 2. The normalized spacial score (nSPS) is 12.8. The number of likely N-dealkylation sites (N-methyl/N-ethyl adjacent to an activating group) is 1. The van der Waals surface area contributed by atoms with Crippen LogP contribution in [0.1, 0.15) is 82.2 Å². The molecule has 0 spiro atoms. The molecule has 3 amide bonds. The highest BCUT2D eigenvalue weighted by Gasteiger charge is 2.35. The summed E-state index contributed by atoms with van der Waals surface area (Å²) >= 11 is 0. The van der Waals surface area contributed by atoms with Crippen molar-refractivity contribution in [3.8, 4) is 5.75 Å². The number of phenolic OH excluding ortho intramolecular Hbond substituents is 1. The van der Waals surface area contributed by atoms with Crippen LogP contribution >= 0.6 is 0 Å². The third-order valence-electron chi connectivity index (χ3n) is 6.19. The van der Waals surface area contributed by atoms with Gasteiger partial charge in [0.1, 0.15) is 23.4 Å². The number of ether oxygens (including phenoxy) is 1. The van der Waals surface area contributed by atoms with Gasteiger partial charge in [-0.25, -0.2) is 4.79 Å². The molecule has 2 rings (SSSR count). The van der Waals surface area contributed by atoms with Gasteiger partial charge >= 0.3 is 6.09 Å². The number of amides is 3. The number of hydrogen-bond donors (Lipinski definition) is 3. The topological polar surface area (TPSA) is 108 Å². The summed E-state index contributed by atoms with van der Waals surface area (Å²) in [5.41, 5.74) is 2.69. The molecule has 0 saturated heterocycles. The Morgan fingerprint density at radius 3 is 2.13 bits per heavy atom. The Balaban J connectivity index is 2.47. The number of nitrogens with zero attached hydrogens (tertiary/aromatic N) is 1. The molecule has 2 atom stereocenters. The van der Waals surface area contributed by atoms with E-state index in [1.54, 1.807) is 32.9 Å². The van der Waals surface area contributed by atoms with Gasteiger partial charge in [0, 0.05) is 19.5 Å². The Morgan fingerprint density at radius 2 is 1.59 bits per heavy atom. The van der Waals surface area contributed by atoms with E-state index in [1.807, 2.05) is 39.0 Å². The fourth-order valence-electron chi connectivity index (χ4n) is 4.51. The lowest BCUT2D eigenvalue weighted by Gasteiger charge is -2.34. The van der Waals surface area contributed by atoms with Gasteiger partial charge in [0.05, 0.1) is 0 Å². The van der Waals surface area contributed by atoms with Gasteiger partial charge < -0.3 is 25.4 Å². The van der Waals surface area contributed by atoms with Crippen LogP contribution < -0.4 is 10.6 Å². The summed E-state index contributed by atoms with van der Waals surface area (Å²) in [6.07, 6.45) is 2.32. The van der Waals surface area contributed by atoms with Crippen molar-refractivity contribution in [2.24, 2.45) is 0 Å². The number of aryl methyl sites for hydroxylation is 2. The summed E-state index contributed by atoms with van der Waals surface area (Å²) in [6, 6.07) is 10.5. The average molecular weight is 540 g/mol. The predicted octanol–water partition coefficient (Wildman–Crippen LogP) is 5.34. The molecular formula is C31H45N3O5. The predicted molar refractivity (Wildman–Crippen MR) is 154 cm³/mol. The van der Waals surface area contributed by atoms with Crippen LogP contribution in [0.25, 0.3) is 0 Å². The second-order valence-corrected chi connectivity index (χ2v) is 11.0. The van der Waals surface area contributed by atoms with Crippen LogP contribution in [-0.2, 0) is 20.7 Å². The highest BCUT2D eigenvalue weighted by molar-refractivity contribution is 5.92. The molecule has 0 radical (unpaired) electrons. The Labute approximate surface area is 233 Å². The first-order chi connectivity index (χ1) is 18.3. The molecule has 0 aliphatic heterocycles. The minimum Gasteiger partial charge on any atom is -0.508 e. The average Bonchev–Trinajstić information content (AvgIpc) is 2.83. The quantitative estimate of drug-likeness (QED) is 0.316. The smallest absolute Gasteiger partial charge is 0.408 e. The van der Waals surface area contributed by atoms with E-state index in [4.69, 9.17) is 4.74 Å². The SMILES string of the molecule is CCCCCNC(=O)C(c1cc(C)cc(C)c1)N(CC)C(=O)C(Cc1ccc(O)cc1)NC(=O)OC(C)(C)C. The van der Waals surface area contributed by atoms with E-state index in [-0.39, 0.29) is 24.6 Å². The Hall–Kier alpha value is -3.55. The van der Waals surface area contributed by atoms with Crippen LogP contribution in [-0.4, -0.2) is 52.6 Å². The third kappa shape index (κ3) is 10.3. The van der Waals surface area contributed by atoms with Crippen molar-refractivity contribution in [3.05, 3.63) is 64.7 Å². The molecule has 2 unspecified atom stereocenters.